The van der Waals surface area contributed by atoms with Crippen LogP contribution in [0.15, 0.2) is 10.7 Å². The zero-order valence-electron chi connectivity index (χ0n) is 16.0. The number of hydrogen-bond acceptors (Lipinski definition) is 5. The summed E-state index contributed by atoms with van der Waals surface area (Å²) in [6, 6.07) is -0.418. The fourth-order valence-corrected chi connectivity index (χ4v) is 2.61. The van der Waals surface area contributed by atoms with Crippen molar-refractivity contribution in [1.29, 1.82) is 0 Å². The predicted molar refractivity (Wildman–Crippen MR) is 94.4 cm³/mol. The first-order valence-electron chi connectivity index (χ1n) is 8.74. The number of amides is 2. The van der Waals surface area contributed by atoms with Crippen molar-refractivity contribution in [1.82, 2.24) is 9.88 Å². The molecule has 2 amide bonds. The van der Waals surface area contributed by atoms with Crippen molar-refractivity contribution in [3.8, 4) is 0 Å². The molecule has 1 atom stereocenters. The van der Waals surface area contributed by atoms with E-state index < -0.39 is 17.7 Å². The first-order chi connectivity index (χ1) is 11.5. The third kappa shape index (κ3) is 5.21. The molecule has 0 aliphatic carbocycles. The van der Waals surface area contributed by atoms with Crippen molar-refractivity contribution in [2.75, 3.05) is 11.9 Å². The van der Waals surface area contributed by atoms with Gasteiger partial charge in [0.05, 0.1) is 5.69 Å². The smallest absolute Gasteiger partial charge is 0.410 e. The van der Waals surface area contributed by atoms with Crippen LogP contribution in [-0.2, 0) is 14.9 Å². The summed E-state index contributed by atoms with van der Waals surface area (Å²) in [5, 5.41) is 2.69. The normalized spacial score (nSPS) is 18.8. The molecule has 2 rings (SSSR count). The Hall–Kier alpha value is -2.05. The molecule has 7 heteroatoms. The van der Waals surface area contributed by atoms with Crippen molar-refractivity contribution in [2.45, 2.75) is 77.9 Å². The number of nitrogens with one attached hydrogen (secondary N) is 1. The largest absolute Gasteiger partial charge is 0.444 e. The molecule has 0 saturated carbocycles. The molecule has 1 aliphatic heterocycles. The average molecular weight is 351 g/mol. The summed E-state index contributed by atoms with van der Waals surface area (Å²) in [6.07, 6.45) is 3.42. The molecule has 7 nitrogen and oxygen atoms in total. The van der Waals surface area contributed by atoms with Gasteiger partial charge in [-0.15, -0.1) is 0 Å². The highest BCUT2D eigenvalue weighted by Gasteiger charge is 2.35. The number of oxazole rings is 1. The van der Waals surface area contributed by atoms with E-state index in [1.165, 1.54) is 4.90 Å². The molecule has 0 aromatic carbocycles. The minimum absolute atomic E-state index is 0.157. The molecule has 0 bridgehead atoms. The van der Waals surface area contributed by atoms with Crippen LogP contribution in [-0.4, -0.2) is 40.1 Å². The number of carbonyl (C=O) groups excluding carboxylic acids is 2. The van der Waals surface area contributed by atoms with Crippen LogP contribution >= 0.6 is 0 Å². The minimum atomic E-state index is -0.597. The lowest BCUT2D eigenvalue weighted by Gasteiger charge is -2.35. The van der Waals surface area contributed by atoms with Gasteiger partial charge in [0.1, 0.15) is 17.9 Å². The van der Waals surface area contributed by atoms with Crippen molar-refractivity contribution in [3.63, 3.8) is 0 Å². The molecule has 140 valence electrons. The molecule has 1 fully saturated rings. The van der Waals surface area contributed by atoms with Gasteiger partial charge in [0, 0.05) is 12.0 Å². The lowest BCUT2D eigenvalue weighted by molar-refractivity contribution is -0.122. The third-order valence-electron chi connectivity index (χ3n) is 3.94. The van der Waals surface area contributed by atoms with Crippen LogP contribution in [0.2, 0.25) is 0 Å². The summed E-state index contributed by atoms with van der Waals surface area (Å²) >= 11 is 0. The number of likely N-dealkylation sites (tertiary alicyclic amines) is 1. The zero-order chi connectivity index (χ0) is 18.8. The van der Waals surface area contributed by atoms with Crippen LogP contribution in [0, 0.1) is 0 Å². The summed E-state index contributed by atoms with van der Waals surface area (Å²) in [6.45, 7) is 12.0. The van der Waals surface area contributed by atoms with Gasteiger partial charge < -0.3 is 9.15 Å². The Balaban J connectivity index is 2.07. The summed E-state index contributed by atoms with van der Waals surface area (Å²) in [4.78, 5) is 30.9. The second-order valence-electron chi connectivity index (χ2n) is 8.46. The highest BCUT2D eigenvalue weighted by molar-refractivity contribution is 5.95. The maximum atomic E-state index is 12.6. The van der Waals surface area contributed by atoms with Gasteiger partial charge in [0.25, 0.3) is 5.91 Å². The van der Waals surface area contributed by atoms with E-state index in [1.807, 2.05) is 41.5 Å². The van der Waals surface area contributed by atoms with Crippen LogP contribution in [0.5, 0.6) is 0 Å². The molecule has 0 spiro atoms. The molecule has 1 aliphatic rings. The van der Waals surface area contributed by atoms with Gasteiger partial charge in [0.2, 0.25) is 0 Å². The highest BCUT2D eigenvalue weighted by Crippen LogP contribution is 2.24. The van der Waals surface area contributed by atoms with E-state index in [-0.39, 0.29) is 17.3 Å². The Bertz CT molecular complexity index is 625. The van der Waals surface area contributed by atoms with Gasteiger partial charge in [-0.05, 0) is 40.0 Å². The van der Waals surface area contributed by atoms with E-state index in [1.54, 1.807) is 6.26 Å². The Kier molecular flexibility index (Phi) is 5.44. The minimum Gasteiger partial charge on any atom is -0.444 e. The Morgan fingerprint density at radius 1 is 1.24 bits per heavy atom. The fraction of sp³-hybridized carbons (Fsp3) is 0.722. The van der Waals surface area contributed by atoms with Crippen LogP contribution < -0.4 is 5.32 Å². The molecular formula is C18H29N3O4. The Morgan fingerprint density at radius 3 is 2.48 bits per heavy atom. The molecule has 1 unspecified atom stereocenters. The first kappa shape index (κ1) is 19.3. The summed E-state index contributed by atoms with van der Waals surface area (Å²) < 4.78 is 10.8. The number of ether oxygens (including phenoxy) is 1. The van der Waals surface area contributed by atoms with E-state index in [0.29, 0.717) is 13.0 Å². The number of piperidine rings is 1. The van der Waals surface area contributed by atoms with Gasteiger partial charge in [-0.25, -0.2) is 4.79 Å². The number of anilines is 1. The average Bonchev–Trinajstić information content (AvgIpc) is 2.94. The lowest BCUT2D eigenvalue weighted by atomic mass is 9.93. The molecular weight excluding hydrogens is 322 g/mol. The summed E-state index contributed by atoms with van der Waals surface area (Å²) in [5.74, 6) is -0.298. The summed E-state index contributed by atoms with van der Waals surface area (Å²) in [7, 11) is 0. The van der Waals surface area contributed by atoms with E-state index in [4.69, 9.17) is 9.15 Å². The van der Waals surface area contributed by atoms with Crippen LogP contribution in [0.4, 0.5) is 10.8 Å². The van der Waals surface area contributed by atoms with Gasteiger partial charge >= 0.3 is 12.1 Å². The van der Waals surface area contributed by atoms with E-state index >= 15 is 0 Å². The molecule has 0 radical (unpaired) electrons. The molecule has 25 heavy (non-hydrogen) atoms. The lowest BCUT2D eigenvalue weighted by Crippen LogP contribution is -2.51. The van der Waals surface area contributed by atoms with Crippen molar-refractivity contribution in [2.24, 2.45) is 0 Å². The molecule has 2 heterocycles. The van der Waals surface area contributed by atoms with Gasteiger partial charge in [0.15, 0.2) is 0 Å². The molecule has 1 N–H and O–H groups in total. The predicted octanol–water partition coefficient (Wildman–Crippen LogP) is 3.70. The van der Waals surface area contributed by atoms with Crippen molar-refractivity contribution >= 4 is 18.0 Å². The maximum Gasteiger partial charge on any atom is 0.410 e. The number of rotatable bonds is 2. The van der Waals surface area contributed by atoms with Crippen LogP contribution in [0.3, 0.4) is 0 Å². The van der Waals surface area contributed by atoms with Gasteiger partial charge in [-0.2, -0.15) is 4.98 Å². The fourth-order valence-electron chi connectivity index (χ4n) is 2.61. The quantitative estimate of drug-likeness (QED) is 0.878. The second kappa shape index (κ2) is 7.06. The molecule has 1 aromatic rings. The summed E-state index contributed by atoms with van der Waals surface area (Å²) in [5.41, 5.74) is -0.00462. The van der Waals surface area contributed by atoms with Crippen molar-refractivity contribution < 1.29 is 18.7 Å². The molecule has 1 aromatic heterocycles. The third-order valence-corrected chi connectivity index (χ3v) is 3.94. The van der Waals surface area contributed by atoms with Crippen molar-refractivity contribution in [3.05, 3.63) is 12.0 Å². The Morgan fingerprint density at radius 2 is 1.92 bits per heavy atom. The number of hydrogen-bond donors (Lipinski definition) is 1. The number of nitrogens with zero attached hydrogens (tertiary/aromatic N) is 2. The topological polar surface area (TPSA) is 84.7 Å². The molecule has 1 saturated heterocycles. The first-order valence-corrected chi connectivity index (χ1v) is 8.74. The van der Waals surface area contributed by atoms with Gasteiger partial charge in [-0.1, -0.05) is 20.8 Å². The monoisotopic (exact) mass is 351 g/mol. The second-order valence-corrected chi connectivity index (χ2v) is 8.46. The SMILES string of the molecule is CC(C)(C)OC(=O)N1CCCCC1C(=O)Nc1nc(C(C)(C)C)co1. The van der Waals surface area contributed by atoms with Gasteiger partial charge in [-0.3, -0.25) is 15.0 Å². The van der Waals surface area contributed by atoms with E-state index in [9.17, 15) is 9.59 Å². The number of carbonyl (C=O) groups is 2. The maximum absolute atomic E-state index is 12.6. The van der Waals surface area contributed by atoms with E-state index in [0.717, 1.165) is 18.5 Å². The standard InChI is InChI=1S/C18H29N3O4/c1-17(2,3)13-11-24-15(19-13)20-14(22)12-9-7-8-10-21(12)16(23)25-18(4,5)6/h11-12H,7-10H2,1-6H3,(H,19,20,22). The van der Waals surface area contributed by atoms with E-state index in [2.05, 4.69) is 10.3 Å². The zero-order valence-corrected chi connectivity index (χ0v) is 16.0. The van der Waals surface area contributed by atoms with Crippen LogP contribution in [0.25, 0.3) is 0 Å². The van der Waals surface area contributed by atoms with Crippen LogP contribution in [0.1, 0.15) is 66.5 Å². The highest BCUT2D eigenvalue weighted by atomic mass is 16.6. The number of aromatic nitrogens is 1. The Labute approximate surface area is 149 Å².